The monoisotopic (exact) mass is 581 g/mol. The Morgan fingerprint density at radius 3 is 2.36 bits per heavy atom. The van der Waals surface area contributed by atoms with Crippen molar-refractivity contribution in [2.45, 2.75) is 26.2 Å². The Morgan fingerprint density at radius 1 is 0.923 bits per heavy atom. The molecule has 202 valence electrons. The van der Waals surface area contributed by atoms with Gasteiger partial charge in [0.2, 0.25) is 17.8 Å². The van der Waals surface area contributed by atoms with Crippen molar-refractivity contribution in [2.75, 3.05) is 28.7 Å². The third-order valence-electron chi connectivity index (χ3n) is 6.53. The highest BCUT2D eigenvalue weighted by atomic mass is 35.5. The van der Waals surface area contributed by atoms with Gasteiger partial charge in [-0.1, -0.05) is 77.3 Å². The molecule has 39 heavy (non-hydrogen) atoms. The second-order valence-corrected chi connectivity index (χ2v) is 10.3. The third kappa shape index (κ3) is 8.05. The number of hydrogen-bond acceptors (Lipinski definition) is 7. The highest BCUT2D eigenvalue weighted by Crippen LogP contribution is 2.26. The van der Waals surface area contributed by atoms with Crippen LogP contribution in [0.4, 0.5) is 23.5 Å². The van der Waals surface area contributed by atoms with E-state index in [9.17, 15) is 0 Å². The molecular formula is C29H30Cl3N7. The minimum atomic E-state index is 0. The number of nitrogens with one attached hydrogen (secondary N) is 2. The molecule has 7 nitrogen and oxygen atoms in total. The fourth-order valence-electron chi connectivity index (χ4n) is 4.43. The van der Waals surface area contributed by atoms with Crippen molar-refractivity contribution >= 4 is 65.4 Å². The van der Waals surface area contributed by atoms with Gasteiger partial charge in [-0.2, -0.15) is 20.1 Å². The number of hydrogen-bond donors (Lipinski definition) is 2. The predicted molar refractivity (Wildman–Crippen MR) is 164 cm³/mol. The Bertz CT molecular complexity index is 1390. The van der Waals surface area contributed by atoms with Crippen LogP contribution in [-0.4, -0.2) is 34.3 Å². The van der Waals surface area contributed by atoms with Crippen LogP contribution in [0.3, 0.4) is 0 Å². The van der Waals surface area contributed by atoms with Crippen LogP contribution in [0.2, 0.25) is 10.0 Å². The molecule has 0 amide bonds. The first-order valence-electron chi connectivity index (χ1n) is 12.6. The Morgan fingerprint density at radius 2 is 1.64 bits per heavy atom. The fourth-order valence-corrected chi connectivity index (χ4v) is 4.89. The summed E-state index contributed by atoms with van der Waals surface area (Å²) in [5.74, 6) is 2.06. The number of aryl methyl sites for hydroxylation is 1. The van der Waals surface area contributed by atoms with Gasteiger partial charge < -0.3 is 10.2 Å². The molecule has 0 bridgehead atoms. The van der Waals surface area contributed by atoms with Gasteiger partial charge in [-0.3, -0.25) is 0 Å². The summed E-state index contributed by atoms with van der Waals surface area (Å²) in [4.78, 5) is 16.2. The lowest BCUT2D eigenvalue weighted by Gasteiger charge is -2.32. The molecule has 0 aliphatic carbocycles. The molecule has 5 rings (SSSR count). The number of hydrazone groups is 1. The maximum absolute atomic E-state index is 6.27. The van der Waals surface area contributed by atoms with Crippen LogP contribution >= 0.6 is 35.6 Å². The van der Waals surface area contributed by atoms with E-state index >= 15 is 0 Å². The van der Waals surface area contributed by atoms with E-state index in [-0.39, 0.29) is 12.4 Å². The fraction of sp³-hybridized carbons (Fsp3) is 0.241. The maximum Gasteiger partial charge on any atom is 0.250 e. The number of piperidine rings is 1. The second-order valence-electron chi connectivity index (χ2n) is 9.43. The smallest absolute Gasteiger partial charge is 0.250 e. The molecule has 1 fully saturated rings. The number of aromatic nitrogens is 3. The van der Waals surface area contributed by atoms with E-state index in [2.05, 4.69) is 68.0 Å². The summed E-state index contributed by atoms with van der Waals surface area (Å²) in [5, 5.41) is 8.69. The highest BCUT2D eigenvalue weighted by Gasteiger charge is 2.22. The van der Waals surface area contributed by atoms with E-state index in [1.165, 1.54) is 11.1 Å². The molecule has 10 heteroatoms. The van der Waals surface area contributed by atoms with Gasteiger partial charge in [0.1, 0.15) is 0 Å². The van der Waals surface area contributed by atoms with Crippen LogP contribution in [0.1, 0.15) is 29.5 Å². The SMILES string of the molecule is Cc1ccc(Nc2nc(N/N=C/c3ccc(Cl)cc3Cl)nc(N3CCC(Cc4ccccc4)CC3)n2)cc1.Cl. The van der Waals surface area contributed by atoms with Gasteiger partial charge in [-0.15, -0.1) is 12.4 Å². The lowest BCUT2D eigenvalue weighted by molar-refractivity contribution is 0.400. The molecule has 1 saturated heterocycles. The van der Waals surface area contributed by atoms with E-state index in [0.717, 1.165) is 43.6 Å². The lowest BCUT2D eigenvalue weighted by atomic mass is 9.90. The largest absolute Gasteiger partial charge is 0.341 e. The Kier molecular flexibility index (Phi) is 9.98. The molecular weight excluding hydrogens is 553 g/mol. The Hall–Kier alpha value is -3.39. The van der Waals surface area contributed by atoms with Crippen molar-refractivity contribution in [3.05, 3.63) is 99.5 Å². The zero-order chi connectivity index (χ0) is 26.3. The van der Waals surface area contributed by atoms with Crippen molar-refractivity contribution in [1.82, 2.24) is 15.0 Å². The van der Waals surface area contributed by atoms with Crippen molar-refractivity contribution < 1.29 is 0 Å². The summed E-state index contributed by atoms with van der Waals surface area (Å²) in [7, 11) is 0. The van der Waals surface area contributed by atoms with Crippen LogP contribution in [0.15, 0.2) is 77.9 Å². The number of benzene rings is 3. The summed E-state index contributed by atoms with van der Waals surface area (Å²) in [5.41, 5.74) is 7.15. The number of halogens is 3. The average molecular weight is 583 g/mol. The quantitative estimate of drug-likeness (QED) is 0.165. The summed E-state index contributed by atoms with van der Waals surface area (Å²) < 4.78 is 0. The molecule has 1 aliphatic heterocycles. The van der Waals surface area contributed by atoms with Crippen LogP contribution in [0.5, 0.6) is 0 Å². The first-order valence-corrected chi connectivity index (χ1v) is 13.4. The molecule has 4 aromatic rings. The molecule has 2 N–H and O–H groups in total. The van der Waals surface area contributed by atoms with E-state index in [0.29, 0.717) is 33.8 Å². The lowest BCUT2D eigenvalue weighted by Crippen LogP contribution is -2.35. The summed E-state index contributed by atoms with van der Waals surface area (Å²) in [6.45, 7) is 3.82. The van der Waals surface area contributed by atoms with Crippen LogP contribution in [-0.2, 0) is 6.42 Å². The minimum absolute atomic E-state index is 0. The highest BCUT2D eigenvalue weighted by molar-refractivity contribution is 6.36. The Labute approximate surface area is 245 Å². The predicted octanol–water partition coefficient (Wildman–Crippen LogP) is 7.56. The minimum Gasteiger partial charge on any atom is -0.341 e. The zero-order valence-electron chi connectivity index (χ0n) is 21.5. The first kappa shape index (κ1) is 28.6. The third-order valence-corrected chi connectivity index (χ3v) is 7.09. The van der Waals surface area contributed by atoms with Gasteiger partial charge in [0.15, 0.2) is 0 Å². The molecule has 0 spiro atoms. The topological polar surface area (TPSA) is 78.3 Å². The Balaban J connectivity index is 0.00000353. The van der Waals surface area contributed by atoms with Gasteiger partial charge in [0, 0.05) is 29.4 Å². The molecule has 0 radical (unpaired) electrons. The average Bonchev–Trinajstić information content (AvgIpc) is 2.92. The van der Waals surface area contributed by atoms with Crippen molar-refractivity contribution in [3.63, 3.8) is 0 Å². The van der Waals surface area contributed by atoms with Gasteiger partial charge >= 0.3 is 0 Å². The van der Waals surface area contributed by atoms with E-state index in [1.807, 2.05) is 24.3 Å². The summed E-state index contributed by atoms with van der Waals surface area (Å²) in [6.07, 6.45) is 4.87. The van der Waals surface area contributed by atoms with Crippen LogP contribution in [0, 0.1) is 12.8 Å². The van der Waals surface area contributed by atoms with Gasteiger partial charge in [0.05, 0.1) is 11.2 Å². The normalized spacial score (nSPS) is 13.8. The van der Waals surface area contributed by atoms with Crippen LogP contribution in [0.25, 0.3) is 0 Å². The van der Waals surface area contributed by atoms with E-state index in [4.69, 9.17) is 28.2 Å². The van der Waals surface area contributed by atoms with Crippen molar-refractivity contribution in [1.29, 1.82) is 0 Å². The molecule has 0 unspecified atom stereocenters. The molecule has 2 heterocycles. The molecule has 0 saturated carbocycles. The molecule has 3 aromatic carbocycles. The van der Waals surface area contributed by atoms with Crippen molar-refractivity contribution in [2.24, 2.45) is 11.0 Å². The molecule has 1 aliphatic rings. The second kappa shape index (κ2) is 13.6. The van der Waals surface area contributed by atoms with Gasteiger partial charge in [-0.05, 0) is 61.9 Å². The van der Waals surface area contributed by atoms with Gasteiger partial charge in [0.25, 0.3) is 0 Å². The number of rotatable bonds is 8. The summed E-state index contributed by atoms with van der Waals surface area (Å²) in [6, 6.07) is 24.0. The molecule has 1 aromatic heterocycles. The standard InChI is InChI=1S/C29H29Cl2N7.ClH/c1-20-7-11-25(12-8-20)33-27-34-28(37-32-19-23-9-10-24(30)18-26(23)31)36-29(35-27)38-15-13-22(14-16-38)17-21-5-3-2-4-6-21;/h2-12,18-19,22H,13-17H2,1H3,(H2,33,34,35,36,37);1H/b32-19+;. The molecule has 0 atom stereocenters. The van der Waals surface area contributed by atoms with Crippen LogP contribution < -0.4 is 15.6 Å². The maximum atomic E-state index is 6.27. The first-order chi connectivity index (χ1) is 18.5. The number of nitrogens with zero attached hydrogens (tertiary/aromatic N) is 5. The van der Waals surface area contributed by atoms with E-state index in [1.54, 1.807) is 24.4 Å². The van der Waals surface area contributed by atoms with Crippen molar-refractivity contribution in [3.8, 4) is 0 Å². The van der Waals surface area contributed by atoms with Gasteiger partial charge in [-0.25, -0.2) is 5.43 Å². The van der Waals surface area contributed by atoms with E-state index < -0.39 is 0 Å². The zero-order valence-corrected chi connectivity index (χ0v) is 23.8. The number of anilines is 4. The summed E-state index contributed by atoms with van der Waals surface area (Å²) >= 11 is 12.3.